The third kappa shape index (κ3) is 3.31. The summed E-state index contributed by atoms with van der Waals surface area (Å²) in [5.74, 6) is 1.44. The molecule has 0 N–H and O–H groups in total. The van der Waals surface area contributed by atoms with Gasteiger partial charge in [-0.3, -0.25) is 4.40 Å². The zero-order chi connectivity index (χ0) is 18.8. The molecule has 27 heavy (non-hydrogen) atoms. The van der Waals surface area contributed by atoms with Crippen LogP contribution in [0.2, 0.25) is 0 Å². The maximum Gasteiger partial charge on any atom is 0.187 e. The molecule has 4 aromatic rings. The van der Waals surface area contributed by atoms with E-state index in [2.05, 4.69) is 16.3 Å². The highest BCUT2D eigenvalue weighted by molar-refractivity contribution is 5.79. The van der Waals surface area contributed by atoms with Crippen molar-refractivity contribution in [2.24, 2.45) is 10.2 Å². The summed E-state index contributed by atoms with van der Waals surface area (Å²) in [7, 11) is 1.66. The largest absolute Gasteiger partial charge is 0.496 e. The van der Waals surface area contributed by atoms with Crippen LogP contribution < -0.4 is 4.74 Å². The number of imidazole rings is 1. The van der Waals surface area contributed by atoms with Gasteiger partial charge in [0.15, 0.2) is 5.82 Å². The predicted molar refractivity (Wildman–Crippen MR) is 107 cm³/mol. The van der Waals surface area contributed by atoms with Crippen LogP contribution in [0.15, 0.2) is 77.1 Å². The Morgan fingerprint density at radius 2 is 1.67 bits per heavy atom. The first-order chi connectivity index (χ1) is 13.2. The van der Waals surface area contributed by atoms with Gasteiger partial charge in [-0.1, -0.05) is 35.4 Å². The molecule has 0 saturated carbocycles. The Hall–Kier alpha value is -3.47. The number of hydrogen-bond acceptors (Lipinski definition) is 4. The molecule has 0 amide bonds. The average Bonchev–Trinajstić information content (AvgIpc) is 3.06. The molecule has 2 aromatic heterocycles. The Morgan fingerprint density at radius 3 is 2.44 bits per heavy atom. The van der Waals surface area contributed by atoms with Gasteiger partial charge in [0.1, 0.15) is 17.1 Å². The third-order valence-electron chi connectivity index (χ3n) is 4.41. The van der Waals surface area contributed by atoms with Crippen LogP contribution in [0.5, 0.6) is 5.75 Å². The molecule has 0 spiro atoms. The van der Waals surface area contributed by atoms with E-state index in [-0.39, 0.29) is 0 Å². The number of hydrogen-bond donors (Lipinski definition) is 0. The van der Waals surface area contributed by atoms with Crippen LogP contribution in [0.1, 0.15) is 11.1 Å². The minimum atomic E-state index is 0.676. The van der Waals surface area contributed by atoms with Crippen molar-refractivity contribution in [3.8, 4) is 17.0 Å². The minimum Gasteiger partial charge on any atom is -0.496 e. The number of methoxy groups -OCH3 is 1. The van der Waals surface area contributed by atoms with Crippen molar-refractivity contribution in [1.29, 1.82) is 0 Å². The Bertz CT molecular complexity index is 1130. The summed E-state index contributed by atoms with van der Waals surface area (Å²) < 4.78 is 7.50. The lowest BCUT2D eigenvalue weighted by atomic mass is 10.1. The molecular weight excluding hydrogens is 336 g/mol. The van der Waals surface area contributed by atoms with Gasteiger partial charge in [-0.15, -0.1) is 10.2 Å². The standard InChI is InChI=1S/C22H20N4O/c1-15-7-10-17(11-8-15)24-25-22-21(23-20-6-4-5-13-26(20)22)18-14-16(2)9-12-19(18)27-3/h4-14H,1-3H3. The van der Waals surface area contributed by atoms with Crippen LogP contribution in [0, 0.1) is 13.8 Å². The molecule has 0 atom stereocenters. The van der Waals surface area contributed by atoms with Crippen LogP contribution in [0.3, 0.4) is 0 Å². The number of benzene rings is 2. The van der Waals surface area contributed by atoms with Gasteiger partial charge >= 0.3 is 0 Å². The first kappa shape index (κ1) is 17.0. The Balaban J connectivity index is 1.90. The summed E-state index contributed by atoms with van der Waals surface area (Å²) in [4.78, 5) is 4.79. The Kier molecular flexibility index (Phi) is 4.42. The SMILES string of the molecule is COc1ccc(C)cc1-c1nc2ccccn2c1N=Nc1ccc(C)cc1. The van der Waals surface area contributed by atoms with Crippen LogP contribution >= 0.6 is 0 Å². The van der Waals surface area contributed by atoms with Crippen LogP contribution in [0.4, 0.5) is 11.5 Å². The fourth-order valence-corrected chi connectivity index (χ4v) is 2.98. The topological polar surface area (TPSA) is 51.2 Å². The van der Waals surface area contributed by atoms with Gasteiger partial charge in [-0.05, 0) is 50.2 Å². The van der Waals surface area contributed by atoms with Gasteiger partial charge < -0.3 is 4.74 Å². The molecule has 0 unspecified atom stereocenters. The van der Waals surface area contributed by atoms with Crippen molar-refractivity contribution in [2.45, 2.75) is 13.8 Å². The fourth-order valence-electron chi connectivity index (χ4n) is 2.98. The number of aryl methyl sites for hydroxylation is 2. The van der Waals surface area contributed by atoms with Gasteiger partial charge in [0.05, 0.1) is 12.8 Å². The molecule has 0 bridgehead atoms. The van der Waals surface area contributed by atoms with E-state index in [0.29, 0.717) is 5.82 Å². The first-order valence-corrected chi connectivity index (χ1v) is 8.76. The quantitative estimate of drug-likeness (QED) is 0.418. The molecule has 0 aliphatic carbocycles. The van der Waals surface area contributed by atoms with Crippen LogP contribution in [-0.4, -0.2) is 16.5 Å². The lowest BCUT2D eigenvalue weighted by Gasteiger charge is -2.08. The molecule has 2 aromatic carbocycles. The highest BCUT2D eigenvalue weighted by atomic mass is 16.5. The summed E-state index contributed by atoms with van der Waals surface area (Å²) in [6.07, 6.45) is 1.94. The second-order valence-electron chi connectivity index (χ2n) is 6.45. The first-order valence-electron chi connectivity index (χ1n) is 8.76. The van der Waals surface area contributed by atoms with Gasteiger partial charge in [-0.2, -0.15) is 0 Å². The fraction of sp³-hybridized carbons (Fsp3) is 0.136. The normalized spacial score (nSPS) is 11.4. The van der Waals surface area contributed by atoms with E-state index in [9.17, 15) is 0 Å². The van der Waals surface area contributed by atoms with E-state index in [1.165, 1.54) is 5.56 Å². The van der Waals surface area contributed by atoms with Crippen molar-refractivity contribution < 1.29 is 4.74 Å². The summed E-state index contributed by atoms with van der Waals surface area (Å²) in [6, 6.07) is 19.9. The van der Waals surface area contributed by atoms with Gasteiger partial charge in [0.2, 0.25) is 0 Å². The lowest BCUT2D eigenvalue weighted by molar-refractivity contribution is 0.416. The molecule has 134 valence electrons. The van der Waals surface area contributed by atoms with E-state index in [1.807, 2.05) is 79.0 Å². The van der Waals surface area contributed by atoms with Crippen molar-refractivity contribution in [2.75, 3.05) is 7.11 Å². The molecule has 4 rings (SSSR count). The number of nitrogens with zero attached hydrogens (tertiary/aromatic N) is 4. The van der Waals surface area contributed by atoms with Crippen molar-refractivity contribution >= 4 is 17.2 Å². The molecule has 0 saturated heterocycles. The van der Waals surface area contributed by atoms with Gasteiger partial charge in [0, 0.05) is 11.8 Å². The number of pyridine rings is 1. The van der Waals surface area contributed by atoms with Crippen molar-refractivity contribution in [1.82, 2.24) is 9.38 Å². The smallest absolute Gasteiger partial charge is 0.187 e. The summed E-state index contributed by atoms with van der Waals surface area (Å²) in [6.45, 7) is 4.10. The highest BCUT2D eigenvalue weighted by Gasteiger charge is 2.17. The number of azo groups is 1. The lowest BCUT2D eigenvalue weighted by Crippen LogP contribution is -1.89. The molecule has 5 heteroatoms. The van der Waals surface area contributed by atoms with Crippen molar-refractivity contribution in [3.63, 3.8) is 0 Å². The Labute approximate surface area is 158 Å². The predicted octanol–water partition coefficient (Wildman–Crippen LogP) is 6.04. The van der Waals surface area contributed by atoms with Crippen molar-refractivity contribution in [3.05, 3.63) is 78.0 Å². The summed E-state index contributed by atoms with van der Waals surface area (Å²) >= 11 is 0. The van der Waals surface area contributed by atoms with E-state index in [1.54, 1.807) is 7.11 Å². The molecule has 5 nitrogen and oxygen atoms in total. The second-order valence-corrected chi connectivity index (χ2v) is 6.45. The van der Waals surface area contributed by atoms with E-state index >= 15 is 0 Å². The van der Waals surface area contributed by atoms with Crippen LogP contribution in [0.25, 0.3) is 16.9 Å². The third-order valence-corrected chi connectivity index (χ3v) is 4.41. The van der Waals surface area contributed by atoms with E-state index in [0.717, 1.165) is 33.9 Å². The molecule has 0 fully saturated rings. The maximum absolute atomic E-state index is 5.56. The van der Waals surface area contributed by atoms with E-state index < -0.39 is 0 Å². The molecule has 0 aliphatic rings. The second kappa shape index (κ2) is 7.03. The number of rotatable bonds is 4. The Morgan fingerprint density at radius 1 is 0.889 bits per heavy atom. The van der Waals surface area contributed by atoms with Crippen LogP contribution in [-0.2, 0) is 0 Å². The monoisotopic (exact) mass is 356 g/mol. The van der Waals surface area contributed by atoms with E-state index in [4.69, 9.17) is 9.72 Å². The number of ether oxygens (including phenoxy) is 1. The molecule has 0 aliphatic heterocycles. The highest BCUT2D eigenvalue weighted by Crippen LogP contribution is 2.37. The maximum atomic E-state index is 5.56. The molecular formula is C22H20N4O. The number of aromatic nitrogens is 2. The van der Waals surface area contributed by atoms with Gasteiger partial charge in [0.25, 0.3) is 0 Å². The van der Waals surface area contributed by atoms with Gasteiger partial charge in [-0.25, -0.2) is 4.98 Å². The summed E-state index contributed by atoms with van der Waals surface area (Å²) in [5.41, 5.74) is 5.58. The summed E-state index contributed by atoms with van der Waals surface area (Å²) in [5, 5.41) is 8.97. The zero-order valence-electron chi connectivity index (χ0n) is 15.5. The molecule has 2 heterocycles. The zero-order valence-corrected chi connectivity index (χ0v) is 15.5. The average molecular weight is 356 g/mol. The minimum absolute atomic E-state index is 0.676. The molecule has 0 radical (unpaired) electrons. The number of fused-ring (bicyclic) bond motifs is 1.